The van der Waals surface area contributed by atoms with Gasteiger partial charge in [0.25, 0.3) is 0 Å². The molecule has 2 aromatic carbocycles. The van der Waals surface area contributed by atoms with Gasteiger partial charge in [-0.3, -0.25) is 0 Å². The van der Waals surface area contributed by atoms with Gasteiger partial charge in [0.05, 0.1) is 20.8 Å². The van der Waals surface area contributed by atoms with Crippen molar-refractivity contribution in [2.24, 2.45) is 10.7 Å². The van der Waals surface area contributed by atoms with Crippen LogP contribution in [-0.2, 0) is 13.0 Å². The highest BCUT2D eigenvalue weighted by Crippen LogP contribution is 2.27. The Bertz CT molecular complexity index is 971. The van der Waals surface area contributed by atoms with Crippen molar-refractivity contribution in [3.63, 3.8) is 0 Å². The average Bonchev–Trinajstić information content (AvgIpc) is 3.21. The van der Waals surface area contributed by atoms with E-state index in [1.54, 1.807) is 20.5 Å². The fraction of sp³-hybridized carbons (Fsp3) is 0.273. The first-order valence-electron chi connectivity index (χ1n) is 9.35. The molecule has 1 heterocycles. The van der Waals surface area contributed by atoms with E-state index in [2.05, 4.69) is 15.3 Å². The minimum atomic E-state index is 0. The lowest BCUT2D eigenvalue weighted by molar-refractivity contribution is 0.354. The lowest BCUT2D eigenvalue weighted by Gasteiger charge is -2.10. The number of hydrogen-bond acceptors (Lipinski definition) is 5. The normalized spacial score (nSPS) is 11.0. The largest absolute Gasteiger partial charge is 0.493 e. The topological polar surface area (TPSA) is 94.9 Å². The van der Waals surface area contributed by atoms with Crippen LogP contribution in [0.15, 0.2) is 58.1 Å². The van der Waals surface area contributed by atoms with E-state index in [0.29, 0.717) is 36.4 Å². The summed E-state index contributed by atoms with van der Waals surface area (Å²) in [5, 5.41) is 3.11. The van der Waals surface area contributed by atoms with Crippen LogP contribution < -0.4 is 20.5 Å². The zero-order chi connectivity index (χ0) is 20.6. The van der Waals surface area contributed by atoms with E-state index >= 15 is 0 Å². The Morgan fingerprint density at radius 1 is 1.10 bits per heavy atom. The highest BCUT2D eigenvalue weighted by atomic mass is 127. The van der Waals surface area contributed by atoms with Crippen LogP contribution in [0.25, 0.3) is 11.5 Å². The van der Waals surface area contributed by atoms with Crippen molar-refractivity contribution in [1.29, 1.82) is 0 Å². The second-order valence-electron chi connectivity index (χ2n) is 6.58. The Labute approximate surface area is 193 Å². The van der Waals surface area contributed by atoms with Crippen LogP contribution in [-0.4, -0.2) is 31.7 Å². The number of methoxy groups -OCH3 is 2. The third-order valence-corrected chi connectivity index (χ3v) is 4.43. The van der Waals surface area contributed by atoms with Gasteiger partial charge >= 0.3 is 0 Å². The van der Waals surface area contributed by atoms with E-state index in [4.69, 9.17) is 19.6 Å². The van der Waals surface area contributed by atoms with Gasteiger partial charge in [0.15, 0.2) is 17.5 Å². The molecule has 8 heteroatoms. The van der Waals surface area contributed by atoms with Crippen LogP contribution in [0.5, 0.6) is 11.5 Å². The zero-order valence-electron chi connectivity index (χ0n) is 17.3. The molecule has 0 aliphatic rings. The summed E-state index contributed by atoms with van der Waals surface area (Å²) >= 11 is 0. The maximum atomic E-state index is 5.96. The molecule has 0 radical (unpaired) electrons. The van der Waals surface area contributed by atoms with Crippen LogP contribution in [0, 0.1) is 6.92 Å². The zero-order valence-corrected chi connectivity index (χ0v) is 19.7. The van der Waals surface area contributed by atoms with Crippen molar-refractivity contribution in [2.75, 3.05) is 20.8 Å². The lowest BCUT2D eigenvalue weighted by Crippen LogP contribution is -2.33. The van der Waals surface area contributed by atoms with E-state index in [0.717, 1.165) is 23.2 Å². The van der Waals surface area contributed by atoms with Gasteiger partial charge in [-0.25, -0.2) is 9.98 Å². The molecule has 30 heavy (non-hydrogen) atoms. The quantitative estimate of drug-likeness (QED) is 0.265. The summed E-state index contributed by atoms with van der Waals surface area (Å²) in [4.78, 5) is 8.79. The summed E-state index contributed by atoms with van der Waals surface area (Å²) in [6, 6.07) is 13.9. The predicted octanol–water partition coefficient (Wildman–Crippen LogP) is 3.93. The second-order valence-corrected chi connectivity index (χ2v) is 6.58. The number of aryl methyl sites for hydroxylation is 1. The van der Waals surface area contributed by atoms with Gasteiger partial charge < -0.3 is 24.9 Å². The fourth-order valence-electron chi connectivity index (χ4n) is 2.80. The van der Waals surface area contributed by atoms with Crippen LogP contribution in [0.4, 0.5) is 0 Å². The molecule has 0 bridgehead atoms. The molecule has 3 aromatic rings. The third kappa shape index (κ3) is 6.38. The number of halogens is 1. The molecule has 0 saturated heterocycles. The highest BCUT2D eigenvalue weighted by Gasteiger charge is 2.07. The molecule has 7 nitrogen and oxygen atoms in total. The van der Waals surface area contributed by atoms with Crippen molar-refractivity contribution in [1.82, 2.24) is 10.3 Å². The van der Waals surface area contributed by atoms with Crippen molar-refractivity contribution in [3.8, 4) is 23.0 Å². The van der Waals surface area contributed by atoms with Gasteiger partial charge in [-0.05, 0) is 43.2 Å². The van der Waals surface area contributed by atoms with Gasteiger partial charge in [-0.2, -0.15) is 0 Å². The maximum Gasteiger partial charge on any atom is 0.226 e. The van der Waals surface area contributed by atoms with Crippen molar-refractivity contribution in [2.45, 2.75) is 19.9 Å². The number of guanidine groups is 1. The second kappa shape index (κ2) is 11.4. The van der Waals surface area contributed by atoms with Crippen molar-refractivity contribution < 1.29 is 13.9 Å². The summed E-state index contributed by atoms with van der Waals surface area (Å²) in [7, 11) is 3.24. The molecule has 0 fully saturated rings. The number of oxazole rings is 1. The summed E-state index contributed by atoms with van der Waals surface area (Å²) in [5.74, 6) is 2.37. The molecular weight excluding hydrogens is 495 g/mol. The van der Waals surface area contributed by atoms with E-state index in [9.17, 15) is 0 Å². The summed E-state index contributed by atoms with van der Waals surface area (Å²) < 4.78 is 16.1. The van der Waals surface area contributed by atoms with Crippen LogP contribution >= 0.6 is 24.0 Å². The van der Waals surface area contributed by atoms with Gasteiger partial charge in [-0.1, -0.05) is 23.8 Å². The summed E-state index contributed by atoms with van der Waals surface area (Å²) in [5.41, 5.74) is 9.93. The third-order valence-electron chi connectivity index (χ3n) is 4.43. The van der Waals surface area contributed by atoms with E-state index in [-0.39, 0.29) is 24.0 Å². The minimum Gasteiger partial charge on any atom is -0.493 e. The fourth-order valence-corrected chi connectivity index (χ4v) is 2.80. The number of rotatable bonds is 8. The Balaban J connectivity index is 0.00000320. The van der Waals surface area contributed by atoms with Crippen molar-refractivity contribution >= 4 is 29.9 Å². The SMILES string of the molecule is COc1ccc(CCNC(N)=NCc2coc(-c3ccc(C)cc3)n2)cc1OC.I. The van der Waals surface area contributed by atoms with E-state index in [1.807, 2.05) is 49.4 Å². The molecule has 0 unspecified atom stereocenters. The first-order valence-corrected chi connectivity index (χ1v) is 9.35. The molecular formula is C22H27IN4O3. The average molecular weight is 522 g/mol. The molecule has 3 rings (SSSR count). The summed E-state index contributed by atoms with van der Waals surface area (Å²) in [6.07, 6.45) is 2.38. The van der Waals surface area contributed by atoms with Crippen LogP contribution in [0.2, 0.25) is 0 Å². The number of aromatic nitrogens is 1. The molecule has 3 N–H and O–H groups in total. The molecule has 160 valence electrons. The molecule has 0 spiro atoms. The van der Waals surface area contributed by atoms with Gasteiger partial charge in [0.2, 0.25) is 5.89 Å². The Hall–Kier alpha value is -2.75. The van der Waals surface area contributed by atoms with E-state index in [1.165, 1.54) is 5.56 Å². The van der Waals surface area contributed by atoms with Crippen molar-refractivity contribution in [3.05, 3.63) is 65.5 Å². The first-order chi connectivity index (χ1) is 14.1. The number of hydrogen-bond donors (Lipinski definition) is 2. The smallest absolute Gasteiger partial charge is 0.226 e. The number of aliphatic imine (C=N–C) groups is 1. The number of nitrogens with two attached hydrogens (primary N) is 1. The Morgan fingerprint density at radius 3 is 2.53 bits per heavy atom. The molecule has 0 aliphatic heterocycles. The standard InChI is InChI=1S/C22H26N4O3.HI/c1-15-4-7-17(8-5-15)21-26-18(14-29-21)13-25-22(23)24-11-10-16-6-9-19(27-2)20(12-16)28-3;/h4-9,12,14H,10-11,13H2,1-3H3,(H3,23,24,25);1H. The van der Waals surface area contributed by atoms with Gasteiger partial charge in [0.1, 0.15) is 12.0 Å². The number of ether oxygens (including phenoxy) is 2. The first kappa shape index (κ1) is 23.5. The molecule has 1 aromatic heterocycles. The molecule has 0 aliphatic carbocycles. The Kier molecular flexibility index (Phi) is 8.97. The van der Waals surface area contributed by atoms with Gasteiger partial charge in [0, 0.05) is 12.1 Å². The lowest BCUT2D eigenvalue weighted by atomic mass is 10.1. The predicted molar refractivity (Wildman–Crippen MR) is 129 cm³/mol. The maximum absolute atomic E-state index is 5.96. The summed E-state index contributed by atoms with van der Waals surface area (Å²) in [6.45, 7) is 3.04. The van der Waals surface area contributed by atoms with E-state index < -0.39 is 0 Å². The molecule has 0 amide bonds. The minimum absolute atomic E-state index is 0. The number of nitrogens with one attached hydrogen (secondary N) is 1. The van der Waals surface area contributed by atoms with Gasteiger partial charge in [-0.15, -0.1) is 24.0 Å². The molecule has 0 saturated carbocycles. The highest BCUT2D eigenvalue weighted by molar-refractivity contribution is 14.0. The number of nitrogens with zero attached hydrogens (tertiary/aromatic N) is 2. The Morgan fingerprint density at radius 2 is 1.83 bits per heavy atom. The number of benzene rings is 2. The van der Waals surface area contributed by atoms with Crippen LogP contribution in [0.3, 0.4) is 0 Å². The van der Waals surface area contributed by atoms with Crippen LogP contribution in [0.1, 0.15) is 16.8 Å². The monoisotopic (exact) mass is 522 g/mol. The molecule has 0 atom stereocenters.